The van der Waals surface area contributed by atoms with Crippen LogP contribution in [0.2, 0.25) is 0 Å². The number of hydrogen-bond acceptors (Lipinski definition) is 3. The Morgan fingerprint density at radius 3 is 1.93 bits per heavy atom. The molecule has 0 saturated carbocycles. The summed E-state index contributed by atoms with van der Waals surface area (Å²) in [5.74, 6) is 0.487. The number of nitrogens with zero attached hydrogens (tertiary/aromatic N) is 4. The van der Waals surface area contributed by atoms with Crippen LogP contribution in [-0.4, -0.2) is 24.9 Å². The summed E-state index contributed by atoms with van der Waals surface area (Å²) in [6.45, 7) is 0.747. The molecule has 5 nitrogen and oxygen atoms in total. The number of Topliss-reactive ketones (excluding diaryl/α,β-unsaturated/α-hetero) is 1. The highest BCUT2D eigenvalue weighted by Crippen LogP contribution is 2.41. The molecule has 0 unspecified atom stereocenters. The maximum atomic E-state index is 13.2. The van der Waals surface area contributed by atoms with Crippen molar-refractivity contribution >= 4 is 11.9 Å². The summed E-state index contributed by atoms with van der Waals surface area (Å²) in [4.78, 5) is 22.4. The molecule has 7 rings (SSSR count). The molecule has 0 saturated heterocycles. The Morgan fingerprint density at radius 2 is 1.29 bits per heavy atom. The van der Waals surface area contributed by atoms with Gasteiger partial charge < -0.3 is 9.13 Å². The molecule has 1 aliphatic heterocycles. The lowest BCUT2D eigenvalue weighted by atomic mass is 9.77. The first-order chi connectivity index (χ1) is 20.2. The van der Waals surface area contributed by atoms with Crippen LogP contribution in [0.5, 0.6) is 0 Å². The van der Waals surface area contributed by atoms with Crippen LogP contribution in [0, 0.1) is 0 Å². The molecule has 0 spiro atoms. The number of ketones is 1. The molecule has 0 fully saturated rings. The van der Waals surface area contributed by atoms with E-state index in [0.29, 0.717) is 12.2 Å². The highest BCUT2D eigenvalue weighted by molar-refractivity contribution is 6.10. The third-order valence-corrected chi connectivity index (χ3v) is 7.94. The number of fused-ring (bicyclic) bond motifs is 1. The van der Waals surface area contributed by atoms with Gasteiger partial charge in [-0.3, -0.25) is 4.79 Å². The van der Waals surface area contributed by atoms with E-state index < -0.39 is 5.54 Å². The molecule has 6 aromatic rings. The maximum absolute atomic E-state index is 13.2. The Hall–Kier alpha value is -5.29. The Labute approximate surface area is 239 Å². The van der Waals surface area contributed by atoms with Crippen LogP contribution in [0.25, 0.3) is 17.3 Å². The lowest BCUT2D eigenvalue weighted by Gasteiger charge is -2.37. The molecule has 3 heterocycles. The van der Waals surface area contributed by atoms with Gasteiger partial charge in [-0.05, 0) is 34.8 Å². The molecule has 4 aromatic carbocycles. The fourth-order valence-corrected chi connectivity index (χ4v) is 6.01. The zero-order valence-corrected chi connectivity index (χ0v) is 22.5. The zero-order valence-electron chi connectivity index (χ0n) is 22.5. The molecule has 41 heavy (non-hydrogen) atoms. The quantitative estimate of drug-likeness (QED) is 0.168. The predicted octanol–water partition coefficient (Wildman–Crippen LogP) is 7.26. The normalized spacial score (nSPS) is 14.2. The van der Waals surface area contributed by atoms with Crippen molar-refractivity contribution < 1.29 is 4.79 Å². The highest BCUT2D eigenvalue weighted by Gasteiger charge is 2.38. The Balaban J connectivity index is 1.39. The van der Waals surface area contributed by atoms with E-state index in [-0.39, 0.29) is 5.78 Å². The minimum absolute atomic E-state index is 0.0159. The molecule has 1 aliphatic rings. The lowest BCUT2D eigenvalue weighted by molar-refractivity contribution is 0.100. The molecular formula is C36H28N4O. The van der Waals surface area contributed by atoms with Crippen LogP contribution in [0.3, 0.4) is 0 Å². The third-order valence-electron chi connectivity index (χ3n) is 7.94. The fourth-order valence-electron chi connectivity index (χ4n) is 6.01. The first kappa shape index (κ1) is 24.7. The van der Waals surface area contributed by atoms with Gasteiger partial charge in [-0.2, -0.15) is 0 Å². The number of aromatic nitrogens is 4. The molecule has 0 amide bonds. The van der Waals surface area contributed by atoms with E-state index in [1.54, 1.807) is 6.20 Å². The molecule has 0 radical (unpaired) electrons. The van der Waals surface area contributed by atoms with E-state index in [1.807, 2.05) is 53.5 Å². The molecule has 5 heteroatoms. The van der Waals surface area contributed by atoms with Crippen LogP contribution < -0.4 is 0 Å². The van der Waals surface area contributed by atoms with Gasteiger partial charge in [0.05, 0.1) is 12.0 Å². The van der Waals surface area contributed by atoms with E-state index in [9.17, 15) is 4.79 Å². The monoisotopic (exact) mass is 532 g/mol. The topological polar surface area (TPSA) is 52.7 Å². The fraction of sp³-hybridized carbons (Fsp3) is 0.0833. The van der Waals surface area contributed by atoms with E-state index in [4.69, 9.17) is 4.98 Å². The zero-order chi connectivity index (χ0) is 27.6. The van der Waals surface area contributed by atoms with Crippen molar-refractivity contribution in [3.63, 3.8) is 0 Å². The molecule has 2 aromatic heterocycles. The number of rotatable bonds is 6. The number of hydrogen-bond donors (Lipinski definition) is 0. The first-order valence-electron chi connectivity index (χ1n) is 13.8. The standard InChI is InChI=1S/C36H28N4O/c41-34-28(20-22-39-23-21-37-35(34)39)24-27-12-10-11-19-32(27)33-25-40(26-38-33)36(29-13-4-1-5-14-29,30-15-6-2-7-16-30)31-17-8-3-9-18-31/h1-19,21,23-26H,20,22H2/b28-24+. The summed E-state index contributed by atoms with van der Waals surface area (Å²) < 4.78 is 4.14. The van der Waals surface area contributed by atoms with Gasteiger partial charge in [0, 0.05) is 36.3 Å². The predicted molar refractivity (Wildman–Crippen MR) is 161 cm³/mol. The molecule has 0 aliphatic carbocycles. The lowest BCUT2D eigenvalue weighted by Crippen LogP contribution is -2.36. The molecule has 198 valence electrons. The second-order valence-corrected chi connectivity index (χ2v) is 10.3. The number of benzene rings is 4. The van der Waals surface area contributed by atoms with Gasteiger partial charge in [0.2, 0.25) is 5.78 Å². The summed E-state index contributed by atoms with van der Waals surface area (Å²) in [7, 11) is 0. The van der Waals surface area contributed by atoms with Crippen LogP contribution in [0.1, 0.15) is 39.3 Å². The van der Waals surface area contributed by atoms with Crippen LogP contribution in [0.15, 0.2) is 146 Å². The van der Waals surface area contributed by atoms with E-state index >= 15 is 0 Å². The van der Waals surface area contributed by atoms with Crippen molar-refractivity contribution in [3.05, 3.63) is 174 Å². The number of imidazole rings is 2. The van der Waals surface area contributed by atoms with Crippen molar-refractivity contribution in [2.24, 2.45) is 0 Å². The van der Waals surface area contributed by atoms with E-state index in [2.05, 4.69) is 101 Å². The van der Waals surface area contributed by atoms with Gasteiger partial charge in [0.15, 0.2) is 5.82 Å². The second kappa shape index (κ2) is 10.4. The minimum Gasteiger partial charge on any atom is -0.328 e. The van der Waals surface area contributed by atoms with Crippen molar-refractivity contribution in [2.45, 2.75) is 18.5 Å². The number of carbonyl (C=O) groups is 1. The maximum Gasteiger partial charge on any atom is 0.224 e. The van der Waals surface area contributed by atoms with Crippen molar-refractivity contribution in [1.29, 1.82) is 0 Å². The van der Waals surface area contributed by atoms with E-state index in [1.165, 1.54) is 0 Å². The summed E-state index contributed by atoms with van der Waals surface area (Å²) in [6.07, 6.45) is 10.3. The number of carbonyl (C=O) groups excluding carboxylic acids is 1. The van der Waals surface area contributed by atoms with Gasteiger partial charge in [-0.1, -0.05) is 115 Å². The van der Waals surface area contributed by atoms with Gasteiger partial charge in [0.25, 0.3) is 0 Å². The van der Waals surface area contributed by atoms with Gasteiger partial charge in [0.1, 0.15) is 5.54 Å². The van der Waals surface area contributed by atoms with Crippen molar-refractivity contribution in [1.82, 2.24) is 19.1 Å². The van der Waals surface area contributed by atoms with E-state index in [0.717, 1.165) is 45.6 Å². The summed E-state index contributed by atoms with van der Waals surface area (Å²) in [5.41, 5.74) is 6.32. The Morgan fingerprint density at radius 1 is 0.707 bits per heavy atom. The van der Waals surface area contributed by atoms with Crippen LogP contribution in [-0.2, 0) is 12.1 Å². The Bertz CT molecular complexity index is 1750. The summed E-state index contributed by atoms with van der Waals surface area (Å²) in [5, 5.41) is 0. The average molecular weight is 533 g/mol. The molecule has 0 bridgehead atoms. The van der Waals surface area contributed by atoms with Gasteiger partial charge in [-0.25, -0.2) is 9.97 Å². The largest absolute Gasteiger partial charge is 0.328 e. The summed E-state index contributed by atoms with van der Waals surface area (Å²) in [6, 6.07) is 39.9. The third kappa shape index (κ3) is 4.23. The molecule has 0 atom stereocenters. The second-order valence-electron chi connectivity index (χ2n) is 10.3. The molecular weight excluding hydrogens is 504 g/mol. The molecule has 0 N–H and O–H groups in total. The SMILES string of the molecule is O=C1/C(=C/c2ccccc2-c2cn(C(c3ccccc3)(c3ccccc3)c3ccccc3)cn2)CCn2ccnc21. The van der Waals surface area contributed by atoms with Crippen molar-refractivity contribution in [2.75, 3.05) is 0 Å². The van der Waals surface area contributed by atoms with Crippen LogP contribution >= 0.6 is 0 Å². The van der Waals surface area contributed by atoms with Crippen LogP contribution in [0.4, 0.5) is 0 Å². The Kier molecular flexibility index (Phi) is 6.25. The number of aryl methyl sites for hydroxylation is 1. The minimum atomic E-state index is -0.640. The van der Waals surface area contributed by atoms with Gasteiger partial charge in [-0.15, -0.1) is 0 Å². The van der Waals surface area contributed by atoms with Crippen molar-refractivity contribution in [3.8, 4) is 11.3 Å². The van der Waals surface area contributed by atoms with Gasteiger partial charge >= 0.3 is 0 Å². The smallest absolute Gasteiger partial charge is 0.224 e. The summed E-state index contributed by atoms with van der Waals surface area (Å²) >= 11 is 0. The highest BCUT2D eigenvalue weighted by atomic mass is 16.1. The first-order valence-corrected chi connectivity index (χ1v) is 13.8. The average Bonchev–Trinajstić information content (AvgIpc) is 3.72. The number of allylic oxidation sites excluding steroid dienone is 1.